The van der Waals surface area contributed by atoms with E-state index in [4.69, 9.17) is 5.73 Å². The van der Waals surface area contributed by atoms with Gasteiger partial charge in [-0.05, 0) is 42.7 Å². The lowest BCUT2D eigenvalue weighted by atomic mass is 10.1. The molecule has 0 radical (unpaired) electrons. The summed E-state index contributed by atoms with van der Waals surface area (Å²) in [6.07, 6.45) is 4.74. The zero-order chi connectivity index (χ0) is 7.68. The van der Waals surface area contributed by atoms with Gasteiger partial charge in [0.1, 0.15) is 0 Å². The quantitative estimate of drug-likeness (QED) is 0.587. The highest BCUT2D eigenvalue weighted by molar-refractivity contribution is 7.10. The van der Waals surface area contributed by atoms with Crippen molar-refractivity contribution >= 4 is 11.3 Å². The molecular weight excluding hydrogens is 154 g/mol. The van der Waals surface area contributed by atoms with E-state index in [1.165, 1.54) is 25.7 Å². The Morgan fingerprint density at radius 1 is 1.36 bits per heavy atom. The molecule has 2 N–H and O–H groups in total. The first-order chi connectivity index (χ1) is 5.36. The van der Waals surface area contributed by atoms with Crippen molar-refractivity contribution in [2.75, 3.05) is 0 Å². The lowest BCUT2D eigenvalue weighted by Crippen LogP contribution is -2.19. The standard InChI is InChI=1S/C9H13NS/c10-8-2-1-7-5-6-11-9(7)4-3-8/h5-6,8H,1-4,10H2. The molecule has 1 aromatic heterocycles. The first kappa shape index (κ1) is 7.32. The molecule has 0 saturated heterocycles. The first-order valence-electron chi connectivity index (χ1n) is 4.17. The van der Waals surface area contributed by atoms with Crippen LogP contribution in [0, 0.1) is 0 Å². The molecule has 0 fully saturated rings. The Balaban J connectivity index is 2.20. The van der Waals surface area contributed by atoms with Crippen molar-refractivity contribution in [2.45, 2.75) is 31.7 Å². The Kier molecular flexibility index (Phi) is 1.96. The van der Waals surface area contributed by atoms with Crippen LogP contribution >= 0.6 is 11.3 Å². The molecular formula is C9H13NS. The van der Waals surface area contributed by atoms with Crippen molar-refractivity contribution in [2.24, 2.45) is 5.73 Å². The van der Waals surface area contributed by atoms with E-state index >= 15 is 0 Å². The predicted molar refractivity (Wildman–Crippen MR) is 48.9 cm³/mol. The maximum absolute atomic E-state index is 5.88. The molecule has 1 atom stereocenters. The van der Waals surface area contributed by atoms with Crippen LogP contribution in [0.4, 0.5) is 0 Å². The fourth-order valence-electron chi connectivity index (χ4n) is 1.61. The molecule has 60 valence electrons. The highest BCUT2D eigenvalue weighted by atomic mass is 32.1. The third-order valence-corrected chi connectivity index (χ3v) is 3.39. The Morgan fingerprint density at radius 3 is 3.09 bits per heavy atom. The first-order valence-corrected chi connectivity index (χ1v) is 5.05. The summed E-state index contributed by atoms with van der Waals surface area (Å²) in [4.78, 5) is 1.57. The van der Waals surface area contributed by atoms with Crippen molar-refractivity contribution in [1.82, 2.24) is 0 Å². The SMILES string of the molecule is NC1CCc2ccsc2CC1. The average molecular weight is 167 g/mol. The van der Waals surface area contributed by atoms with Crippen LogP contribution in [0.15, 0.2) is 11.4 Å². The topological polar surface area (TPSA) is 26.0 Å². The summed E-state index contributed by atoms with van der Waals surface area (Å²) in [5.74, 6) is 0. The maximum Gasteiger partial charge on any atom is 0.00778 e. The molecule has 0 saturated carbocycles. The number of hydrogen-bond acceptors (Lipinski definition) is 2. The summed E-state index contributed by atoms with van der Waals surface area (Å²) in [5.41, 5.74) is 7.42. The van der Waals surface area contributed by atoms with Gasteiger partial charge < -0.3 is 5.73 Å². The van der Waals surface area contributed by atoms with E-state index in [2.05, 4.69) is 11.4 Å². The monoisotopic (exact) mass is 167 g/mol. The van der Waals surface area contributed by atoms with Crippen LogP contribution in [-0.4, -0.2) is 6.04 Å². The number of rotatable bonds is 0. The Labute approximate surface area is 71.2 Å². The van der Waals surface area contributed by atoms with Crippen LogP contribution in [0.25, 0.3) is 0 Å². The molecule has 11 heavy (non-hydrogen) atoms. The van der Waals surface area contributed by atoms with Gasteiger partial charge in [0.25, 0.3) is 0 Å². The second-order valence-electron chi connectivity index (χ2n) is 3.21. The molecule has 0 aliphatic heterocycles. The number of hydrogen-bond donors (Lipinski definition) is 1. The van der Waals surface area contributed by atoms with E-state index in [-0.39, 0.29) is 0 Å². The molecule has 2 rings (SSSR count). The van der Waals surface area contributed by atoms with Gasteiger partial charge in [-0.25, -0.2) is 0 Å². The summed E-state index contributed by atoms with van der Waals surface area (Å²) in [7, 11) is 0. The smallest absolute Gasteiger partial charge is 0.00778 e. The summed E-state index contributed by atoms with van der Waals surface area (Å²) in [5, 5.41) is 2.20. The van der Waals surface area contributed by atoms with E-state index in [1.807, 2.05) is 11.3 Å². The van der Waals surface area contributed by atoms with E-state index in [0.29, 0.717) is 6.04 Å². The average Bonchev–Trinajstić information content (AvgIpc) is 2.38. The maximum atomic E-state index is 5.88. The minimum atomic E-state index is 0.439. The number of thiophene rings is 1. The Bertz CT molecular complexity index is 219. The summed E-state index contributed by atoms with van der Waals surface area (Å²) in [6, 6.07) is 2.69. The minimum absolute atomic E-state index is 0.439. The van der Waals surface area contributed by atoms with Gasteiger partial charge in [-0.15, -0.1) is 11.3 Å². The highest BCUT2D eigenvalue weighted by Crippen LogP contribution is 2.24. The molecule has 0 aromatic carbocycles. The van der Waals surface area contributed by atoms with Crippen LogP contribution in [0.1, 0.15) is 23.3 Å². The Hall–Kier alpha value is -0.340. The minimum Gasteiger partial charge on any atom is -0.328 e. The molecule has 0 bridgehead atoms. The van der Waals surface area contributed by atoms with E-state index < -0.39 is 0 Å². The van der Waals surface area contributed by atoms with Crippen LogP contribution < -0.4 is 5.73 Å². The fourth-order valence-corrected chi connectivity index (χ4v) is 2.56. The van der Waals surface area contributed by atoms with Crippen LogP contribution in [0.5, 0.6) is 0 Å². The van der Waals surface area contributed by atoms with Crippen LogP contribution in [0.3, 0.4) is 0 Å². The summed E-state index contributed by atoms with van der Waals surface area (Å²) >= 11 is 1.89. The zero-order valence-electron chi connectivity index (χ0n) is 6.55. The highest BCUT2D eigenvalue weighted by Gasteiger charge is 2.12. The molecule has 1 aliphatic rings. The molecule has 0 amide bonds. The molecule has 2 heteroatoms. The molecule has 1 aromatic rings. The van der Waals surface area contributed by atoms with Gasteiger partial charge in [-0.1, -0.05) is 0 Å². The van der Waals surface area contributed by atoms with E-state index in [0.717, 1.165) is 0 Å². The summed E-state index contributed by atoms with van der Waals surface area (Å²) in [6.45, 7) is 0. The van der Waals surface area contributed by atoms with Crippen molar-refractivity contribution in [1.29, 1.82) is 0 Å². The largest absolute Gasteiger partial charge is 0.328 e. The van der Waals surface area contributed by atoms with Crippen molar-refractivity contribution in [3.05, 3.63) is 21.9 Å². The Morgan fingerprint density at radius 2 is 2.18 bits per heavy atom. The van der Waals surface area contributed by atoms with Gasteiger partial charge in [0.2, 0.25) is 0 Å². The van der Waals surface area contributed by atoms with Crippen LogP contribution in [-0.2, 0) is 12.8 Å². The number of nitrogens with two attached hydrogens (primary N) is 1. The van der Waals surface area contributed by atoms with E-state index in [9.17, 15) is 0 Å². The van der Waals surface area contributed by atoms with Gasteiger partial charge in [0, 0.05) is 10.9 Å². The number of aryl methyl sites for hydroxylation is 2. The molecule has 0 spiro atoms. The zero-order valence-corrected chi connectivity index (χ0v) is 7.36. The van der Waals surface area contributed by atoms with Gasteiger partial charge >= 0.3 is 0 Å². The lowest BCUT2D eigenvalue weighted by molar-refractivity contribution is 0.590. The third kappa shape index (κ3) is 1.47. The second-order valence-corrected chi connectivity index (χ2v) is 4.21. The molecule has 1 heterocycles. The molecule has 1 nitrogen and oxygen atoms in total. The predicted octanol–water partition coefficient (Wildman–Crippen LogP) is 1.95. The van der Waals surface area contributed by atoms with Crippen molar-refractivity contribution < 1.29 is 0 Å². The van der Waals surface area contributed by atoms with Gasteiger partial charge in [-0.2, -0.15) is 0 Å². The normalized spacial score (nSPS) is 24.3. The van der Waals surface area contributed by atoms with Crippen molar-refractivity contribution in [3.63, 3.8) is 0 Å². The van der Waals surface area contributed by atoms with Gasteiger partial charge in [-0.3, -0.25) is 0 Å². The third-order valence-electron chi connectivity index (χ3n) is 2.36. The summed E-state index contributed by atoms with van der Waals surface area (Å²) < 4.78 is 0. The van der Waals surface area contributed by atoms with Gasteiger partial charge in [0.15, 0.2) is 0 Å². The number of fused-ring (bicyclic) bond motifs is 1. The fraction of sp³-hybridized carbons (Fsp3) is 0.556. The van der Waals surface area contributed by atoms with E-state index in [1.54, 1.807) is 10.4 Å². The van der Waals surface area contributed by atoms with Crippen molar-refractivity contribution in [3.8, 4) is 0 Å². The lowest BCUT2D eigenvalue weighted by Gasteiger charge is -2.04. The second kappa shape index (κ2) is 2.95. The molecule has 1 aliphatic carbocycles. The van der Waals surface area contributed by atoms with Gasteiger partial charge in [0.05, 0.1) is 0 Å². The van der Waals surface area contributed by atoms with Crippen LogP contribution in [0.2, 0.25) is 0 Å². The molecule has 1 unspecified atom stereocenters.